The summed E-state index contributed by atoms with van der Waals surface area (Å²) in [7, 11) is 3.75. The molecule has 1 N–H and O–H groups in total. The Morgan fingerprint density at radius 1 is 1.13 bits per heavy atom. The van der Waals surface area contributed by atoms with Gasteiger partial charge in [-0.25, -0.2) is 0 Å². The van der Waals surface area contributed by atoms with E-state index >= 15 is 0 Å². The van der Waals surface area contributed by atoms with Crippen molar-refractivity contribution in [2.75, 3.05) is 32.1 Å². The molecule has 1 aliphatic heterocycles. The van der Waals surface area contributed by atoms with E-state index in [4.69, 9.17) is 5.11 Å². The predicted molar refractivity (Wildman–Crippen MR) is 109 cm³/mol. The number of halogens is 3. The smallest absolute Gasteiger partial charge is 0.416 e. The molecule has 0 bridgehead atoms. The number of nitrogens with zero attached hydrogens (tertiary/aromatic N) is 3. The summed E-state index contributed by atoms with van der Waals surface area (Å²) in [5.41, 5.74) is 2.56. The molecule has 8 heteroatoms. The minimum absolute atomic E-state index is 0.367. The fourth-order valence-electron chi connectivity index (χ4n) is 3.84. The Balaban J connectivity index is 1.76. The van der Waals surface area contributed by atoms with Crippen molar-refractivity contribution in [2.24, 2.45) is 5.92 Å². The number of fused-ring (bicyclic) bond motifs is 1. The van der Waals surface area contributed by atoms with Gasteiger partial charge in [0.25, 0.3) is 0 Å². The van der Waals surface area contributed by atoms with Gasteiger partial charge >= 0.3 is 12.1 Å². The van der Waals surface area contributed by atoms with Gasteiger partial charge in [-0.05, 0) is 56.1 Å². The molecule has 1 aromatic heterocycles. The maximum absolute atomic E-state index is 13.3. The molecule has 0 atom stereocenters. The third-order valence-corrected chi connectivity index (χ3v) is 5.40. The van der Waals surface area contributed by atoms with Crippen LogP contribution in [0.1, 0.15) is 11.1 Å². The van der Waals surface area contributed by atoms with Gasteiger partial charge in [0.1, 0.15) is 0 Å². The van der Waals surface area contributed by atoms with E-state index in [1.165, 1.54) is 12.1 Å². The normalized spacial score (nSPS) is 15.1. The zero-order chi connectivity index (χ0) is 21.6. The molecule has 0 radical (unpaired) electrons. The summed E-state index contributed by atoms with van der Waals surface area (Å²) in [6.07, 6.45) is -2.52. The number of carboxylic acids is 1. The first-order chi connectivity index (χ1) is 14.1. The van der Waals surface area contributed by atoms with Gasteiger partial charge in [-0.3, -0.25) is 4.79 Å². The third-order valence-electron chi connectivity index (χ3n) is 5.40. The molecule has 3 aromatic rings. The quantitative estimate of drug-likeness (QED) is 0.675. The summed E-state index contributed by atoms with van der Waals surface area (Å²) in [6, 6.07) is 11.4. The number of carboxylic acid groups (broad SMARTS) is 1. The fraction of sp³-hybridized carbons (Fsp3) is 0.318. The second-order valence-electron chi connectivity index (χ2n) is 7.95. The number of anilines is 1. The average Bonchev–Trinajstić information content (AvgIpc) is 2.97. The van der Waals surface area contributed by atoms with Crippen LogP contribution >= 0.6 is 0 Å². The SMILES string of the molecule is CN(C)Cc1cn(-c2cccc(N3CC(C(=O)O)C3)c2)c2ccc(C(F)(F)F)cc12. The van der Waals surface area contributed by atoms with Gasteiger partial charge in [-0.15, -0.1) is 0 Å². The van der Waals surface area contributed by atoms with Crippen LogP contribution in [0.3, 0.4) is 0 Å². The van der Waals surface area contributed by atoms with E-state index < -0.39 is 17.7 Å². The molecular weight excluding hydrogens is 395 g/mol. The molecular formula is C22H22F3N3O2. The first-order valence-electron chi connectivity index (χ1n) is 9.57. The highest BCUT2D eigenvalue weighted by atomic mass is 19.4. The summed E-state index contributed by atoms with van der Waals surface area (Å²) >= 11 is 0. The van der Waals surface area contributed by atoms with Crippen molar-refractivity contribution in [2.45, 2.75) is 12.7 Å². The Kier molecular flexibility index (Phi) is 4.97. The highest BCUT2D eigenvalue weighted by Crippen LogP contribution is 2.35. The molecule has 30 heavy (non-hydrogen) atoms. The summed E-state index contributed by atoms with van der Waals surface area (Å²) in [6.45, 7) is 1.41. The van der Waals surface area contributed by atoms with Crippen LogP contribution in [0, 0.1) is 5.92 Å². The van der Waals surface area contributed by atoms with E-state index in [1.54, 1.807) is 0 Å². The zero-order valence-corrected chi connectivity index (χ0v) is 16.6. The Bertz CT molecular complexity index is 1100. The maximum atomic E-state index is 13.3. The molecule has 5 nitrogen and oxygen atoms in total. The Morgan fingerprint density at radius 3 is 2.47 bits per heavy atom. The van der Waals surface area contributed by atoms with Gasteiger partial charge in [0.2, 0.25) is 0 Å². The van der Waals surface area contributed by atoms with E-state index in [9.17, 15) is 18.0 Å². The van der Waals surface area contributed by atoms with Gasteiger partial charge < -0.3 is 19.5 Å². The average molecular weight is 417 g/mol. The molecule has 0 unspecified atom stereocenters. The van der Waals surface area contributed by atoms with Crippen LogP contribution < -0.4 is 4.90 Å². The molecule has 1 fully saturated rings. The number of hydrogen-bond acceptors (Lipinski definition) is 3. The standard InChI is InChI=1S/C22H22F3N3O2/c1-26(2)10-14-13-28(20-7-6-16(8-19(14)20)22(23,24)25)18-5-3-4-17(9-18)27-11-15(12-27)21(29)30/h3-9,13,15H,10-12H2,1-2H3,(H,29,30). The molecule has 4 rings (SSSR count). The van der Waals surface area contributed by atoms with Crippen LogP contribution in [0.4, 0.5) is 18.9 Å². The van der Waals surface area contributed by atoms with Crippen LogP contribution in [0.25, 0.3) is 16.6 Å². The first-order valence-corrected chi connectivity index (χ1v) is 9.57. The van der Waals surface area contributed by atoms with E-state index in [2.05, 4.69) is 0 Å². The number of benzene rings is 2. The van der Waals surface area contributed by atoms with E-state index in [0.29, 0.717) is 30.5 Å². The van der Waals surface area contributed by atoms with Crippen LogP contribution in [0.15, 0.2) is 48.7 Å². The number of alkyl halides is 3. The molecule has 1 saturated heterocycles. The minimum Gasteiger partial charge on any atom is -0.481 e. The summed E-state index contributed by atoms with van der Waals surface area (Å²) in [4.78, 5) is 15.0. The summed E-state index contributed by atoms with van der Waals surface area (Å²) in [5.74, 6) is -1.17. The molecule has 2 aromatic carbocycles. The largest absolute Gasteiger partial charge is 0.481 e. The number of rotatable bonds is 5. The van der Waals surface area contributed by atoms with Gasteiger partial charge in [0, 0.05) is 42.6 Å². The molecule has 2 heterocycles. The lowest BCUT2D eigenvalue weighted by Crippen LogP contribution is -2.50. The van der Waals surface area contributed by atoms with Gasteiger partial charge in [-0.2, -0.15) is 13.2 Å². The molecule has 0 saturated carbocycles. The fourth-order valence-corrected chi connectivity index (χ4v) is 3.84. The van der Waals surface area contributed by atoms with Crippen molar-refractivity contribution in [1.82, 2.24) is 9.47 Å². The molecule has 0 amide bonds. The number of aliphatic carboxylic acids is 1. The highest BCUT2D eigenvalue weighted by Gasteiger charge is 2.33. The molecule has 0 aliphatic carbocycles. The highest BCUT2D eigenvalue weighted by molar-refractivity contribution is 5.87. The Hall–Kier alpha value is -3.00. The van der Waals surface area contributed by atoms with Gasteiger partial charge in [-0.1, -0.05) is 6.07 Å². The second kappa shape index (κ2) is 7.36. The van der Waals surface area contributed by atoms with Crippen LogP contribution in [0.5, 0.6) is 0 Å². The summed E-state index contributed by atoms with van der Waals surface area (Å²) in [5, 5.41) is 9.66. The zero-order valence-electron chi connectivity index (χ0n) is 16.6. The van der Waals surface area contributed by atoms with E-state index in [0.717, 1.165) is 23.0 Å². The van der Waals surface area contributed by atoms with Crippen molar-refractivity contribution in [3.63, 3.8) is 0 Å². The minimum atomic E-state index is -4.40. The number of aromatic nitrogens is 1. The third kappa shape index (κ3) is 3.75. The topological polar surface area (TPSA) is 48.7 Å². The monoisotopic (exact) mass is 417 g/mol. The van der Waals surface area contributed by atoms with Crippen molar-refractivity contribution in [1.29, 1.82) is 0 Å². The predicted octanol–water partition coefficient (Wildman–Crippen LogP) is 4.23. The molecule has 0 spiro atoms. The lowest BCUT2D eigenvalue weighted by atomic mass is 9.99. The Labute approximate surface area is 171 Å². The van der Waals surface area contributed by atoms with Crippen LogP contribution in [-0.2, 0) is 17.5 Å². The summed E-state index contributed by atoms with van der Waals surface area (Å²) < 4.78 is 41.6. The number of hydrogen-bond donors (Lipinski definition) is 1. The van der Waals surface area contributed by atoms with Crippen LogP contribution in [0.2, 0.25) is 0 Å². The first kappa shape index (κ1) is 20.3. The van der Waals surface area contributed by atoms with Crippen molar-refractivity contribution >= 4 is 22.6 Å². The number of carbonyl (C=O) groups is 1. The second-order valence-corrected chi connectivity index (χ2v) is 7.95. The Morgan fingerprint density at radius 2 is 1.83 bits per heavy atom. The molecule has 1 aliphatic rings. The van der Waals surface area contributed by atoms with E-state index in [-0.39, 0.29) is 5.92 Å². The van der Waals surface area contributed by atoms with Crippen LogP contribution in [-0.4, -0.2) is 47.7 Å². The van der Waals surface area contributed by atoms with Crippen molar-refractivity contribution < 1.29 is 23.1 Å². The van der Waals surface area contributed by atoms with Gasteiger partial charge in [0.15, 0.2) is 0 Å². The lowest BCUT2D eigenvalue weighted by molar-refractivity contribution is -0.142. The van der Waals surface area contributed by atoms with Crippen molar-refractivity contribution in [3.05, 3.63) is 59.8 Å². The maximum Gasteiger partial charge on any atom is 0.416 e. The van der Waals surface area contributed by atoms with Gasteiger partial charge in [0.05, 0.1) is 17.0 Å². The molecule has 158 valence electrons. The van der Waals surface area contributed by atoms with E-state index in [1.807, 2.05) is 58.9 Å². The van der Waals surface area contributed by atoms with Crippen molar-refractivity contribution in [3.8, 4) is 5.69 Å². The lowest BCUT2D eigenvalue weighted by Gasteiger charge is -2.38.